The third-order valence-electron chi connectivity index (χ3n) is 8.03. The van der Waals surface area contributed by atoms with Gasteiger partial charge in [-0.2, -0.15) is 5.26 Å². The fourth-order valence-electron chi connectivity index (χ4n) is 5.59. The van der Waals surface area contributed by atoms with E-state index in [9.17, 15) is 14.7 Å². The highest BCUT2D eigenvalue weighted by atomic mass is 19.1. The molecular weight excluding hydrogens is 537 g/mol. The van der Waals surface area contributed by atoms with Crippen LogP contribution >= 0.6 is 0 Å². The number of likely N-dealkylation sites (tertiary alicyclic amines) is 1. The monoisotopic (exact) mass is 567 g/mol. The highest BCUT2D eigenvalue weighted by Crippen LogP contribution is 2.31. The molecule has 1 aromatic carbocycles. The Morgan fingerprint density at radius 1 is 1.07 bits per heavy atom. The number of hydrogen-bond donors (Lipinski definition) is 3. The summed E-state index contributed by atoms with van der Waals surface area (Å²) in [6.45, 7) is 2.43. The first-order valence-corrected chi connectivity index (χ1v) is 14.1. The molecule has 4 aromatic rings. The third kappa shape index (κ3) is 5.53. The lowest BCUT2D eigenvalue weighted by atomic mass is 9.97. The summed E-state index contributed by atoms with van der Waals surface area (Å²) < 4.78 is 15.5. The minimum atomic E-state index is -0.607. The minimum Gasteiger partial charge on any atom is -0.393 e. The van der Waals surface area contributed by atoms with E-state index in [1.54, 1.807) is 29.3 Å². The van der Waals surface area contributed by atoms with Crippen molar-refractivity contribution < 1.29 is 14.3 Å². The summed E-state index contributed by atoms with van der Waals surface area (Å²) in [5.41, 5.74) is 2.10. The summed E-state index contributed by atoms with van der Waals surface area (Å²) in [7, 11) is 0. The predicted octanol–water partition coefficient (Wildman–Crippen LogP) is 4.20. The smallest absolute Gasteiger partial charge is 0.259 e. The molecular formula is C31H30FN7O3. The summed E-state index contributed by atoms with van der Waals surface area (Å²) in [5, 5.41) is 22.4. The lowest BCUT2D eigenvalue weighted by Crippen LogP contribution is -2.38. The Labute approximate surface area is 241 Å². The van der Waals surface area contributed by atoms with Gasteiger partial charge in [-0.25, -0.2) is 14.4 Å². The van der Waals surface area contributed by atoms with Gasteiger partial charge in [-0.1, -0.05) is 0 Å². The van der Waals surface area contributed by atoms with E-state index in [-0.39, 0.29) is 34.6 Å². The molecule has 10 nitrogen and oxygen atoms in total. The number of hydrogen-bond acceptors (Lipinski definition) is 8. The Morgan fingerprint density at radius 3 is 2.55 bits per heavy atom. The lowest BCUT2D eigenvalue weighted by molar-refractivity contribution is 0.0707. The summed E-state index contributed by atoms with van der Waals surface area (Å²) in [6, 6.07) is 13.6. The molecule has 42 heavy (non-hydrogen) atoms. The topological polar surface area (TPSA) is 138 Å². The van der Waals surface area contributed by atoms with E-state index in [1.165, 1.54) is 18.3 Å². The van der Waals surface area contributed by atoms with Crippen molar-refractivity contribution in [3.63, 3.8) is 0 Å². The summed E-state index contributed by atoms with van der Waals surface area (Å²) in [6.07, 6.45) is 5.60. The Bertz CT molecular complexity index is 1720. The van der Waals surface area contributed by atoms with Crippen molar-refractivity contribution in [2.45, 2.75) is 31.8 Å². The number of aromatic amines is 1. The van der Waals surface area contributed by atoms with Crippen molar-refractivity contribution in [3.8, 4) is 17.3 Å². The first kappa shape index (κ1) is 27.4. The van der Waals surface area contributed by atoms with Crippen molar-refractivity contribution in [2.75, 3.05) is 36.4 Å². The third-order valence-corrected chi connectivity index (χ3v) is 8.03. The number of aromatic nitrogens is 3. The van der Waals surface area contributed by atoms with Gasteiger partial charge in [0.15, 0.2) is 0 Å². The molecule has 0 spiro atoms. The number of pyridine rings is 3. The molecule has 5 heterocycles. The largest absolute Gasteiger partial charge is 0.393 e. The molecule has 0 unspecified atom stereocenters. The van der Waals surface area contributed by atoms with Gasteiger partial charge >= 0.3 is 0 Å². The first-order chi connectivity index (χ1) is 20.4. The van der Waals surface area contributed by atoms with Crippen LogP contribution in [-0.2, 0) is 0 Å². The van der Waals surface area contributed by atoms with Crippen LogP contribution in [0.3, 0.4) is 0 Å². The van der Waals surface area contributed by atoms with Crippen molar-refractivity contribution in [1.29, 1.82) is 5.26 Å². The number of fused-ring (bicyclic) bond motifs is 1. The number of carbonyl (C=O) groups is 1. The second-order valence-corrected chi connectivity index (χ2v) is 10.8. The van der Waals surface area contributed by atoms with E-state index >= 15 is 4.39 Å². The number of aliphatic hydroxyl groups excluding tert-OH is 1. The van der Waals surface area contributed by atoms with Crippen molar-refractivity contribution in [2.24, 2.45) is 5.92 Å². The molecule has 2 fully saturated rings. The molecule has 3 aromatic heterocycles. The van der Waals surface area contributed by atoms with Gasteiger partial charge in [0.1, 0.15) is 11.6 Å². The Balaban J connectivity index is 1.28. The van der Waals surface area contributed by atoms with Crippen LogP contribution in [0.15, 0.2) is 59.7 Å². The number of nitrogens with zero attached hydrogens (tertiary/aromatic N) is 5. The molecule has 6 rings (SSSR count). The van der Waals surface area contributed by atoms with E-state index in [1.807, 2.05) is 12.1 Å². The number of amides is 1. The first-order valence-electron chi connectivity index (χ1n) is 14.1. The van der Waals surface area contributed by atoms with Crippen LogP contribution in [0, 0.1) is 23.1 Å². The van der Waals surface area contributed by atoms with Crippen LogP contribution in [0.25, 0.3) is 22.2 Å². The fourth-order valence-corrected chi connectivity index (χ4v) is 5.59. The normalized spacial score (nSPS) is 16.4. The van der Waals surface area contributed by atoms with Gasteiger partial charge in [0.25, 0.3) is 11.5 Å². The van der Waals surface area contributed by atoms with E-state index in [0.717, 1.165) is 18.8 Å². The molecule has 0 atom stereocenters. The molecule has 214 valence electrons. The number of H-pyrrole nitrogens is 1. The van der Waals surface area contributed by atoms with E-state index in [4.69, 9.17) is 5.26 Å². The Morgan fingerprint density at radius 2 is 1.86 bits per heavy atom. The number of nitriles is 1. The molecule has 3 N–H and O–H groups in total. The number of benzene rings is 1. The average Bonchev–Trinajstić information content (AvgIpc) is 3.01. The molecule has 2 aliphatic heterocycles. The molecule has 0 bridgehead atoms. The maximum atomic E-state index is 15.5. The molecule has 0 aliphatic carbocycles. The SMILES string of the molecule is N#CC1CCN(C(=O)c2ccc(-c3cc(Nc4ccc(N5CCC(O)CC5)cn4)c4c(=O)[nH]ccc4n3)c(F)c2)CC1. The number of anilines is 3. The van der Waals surface area contributed by atoms with Crippen LogP contribution in [0.2, 0.25) is 0 Å². The minimum absolute atomic E-state index is 0.0556. The van der Waals surface area contributed by atoms with Crippen LogP contribution in [-0.4, -0.2) is 63.1 Å². The summed E-state index contributed by atoms with van der Waals surface area (Å²) in [5.74, 6) is -0.434. The molecule has 0 radical (unpaired) electrons. The maximum absolute atomic E-state index is 15.5. The predicted molar refractivity (Wildman–Crippen MR) is 157 cm³/mol. The van der Waals surface area contributed by atoms with E-state index in [0.29, 0.717) is 66.9 Å². The lowest BCUT2D eigenvalue weighted by Gasteiger charge is -2.31. The fraction of sp³-hybridized carbons (Fsp3) is 0.323. The number of halogens is 1. The highest BCUT2D eigenvalue weighted by molar-refractivity contribution is 5.96. The number of piperidine rings is 2. The zero-order valence-corrected chi connectivity index (χ0v) is 22.9. The summed E-state index contributed by atoms with van der Waals surface area (Å²) >= 11 is 0. The van der Waals surface area contributed by atoms with Crippen molar-refractivity contribution in [3.05, 3.63) is 76.6 Å². The number of rotatable bonds is 5. The molecule has 1 amide bonds. The second kappa shape index (κ2) is 11.6. The number of carbonyl (C=O) groups excluding carboxylic acids is 1. The Kier molecular flexibility index (Phi) is 7.54. The van der Waals surface area contributed by atoms with Crippen LogP contribution < -0.4 is 15.8 Å². The van der Waals surface area contributed by atoms with Gasteiger partial charge < -0.3 is 25.2 Å². The maximum Gasteiger partial charge on any atom is 0.259 e. The quantitative estimate of drug-likeness (QED) is 0.326. The zero-order chi connectivity index (χ0) is 29.2. The number of nitrogens with one attached hydrogen (secondary N) is 2. The van der Waals surface area contributed by atoms with Crippen molar-refractivity contribution >= 4 is 34.0 Å². The van der Waals surface area contributed by atoms with Gasteiger partial charge in [0.05, 0.1) is 46.3 Å². The van der Waals surface area contributed by atoms with Crippen LogP contribution in [0.5, 0.6) is 0 Å². The van der Waals surface area contributed by atoms with Gasteiger partial charge in [0, 0.05) is 49.4 Å². The van der Waals surface area contributed by atoms with Gasteiger partial charge in [-0.3, -0.25) is 9.59 Å². The highest BCUT2D eigenvalue weighted by Gasteiger charge is 2.24. The molecule has 2 saturated heterocycles. The molecule has 11 heteroatoms. The molecule has 0 saturated carbocycles. The van der Waals surface area contributed by atoms with Gasteiger partial charge in [0.2, 0.25) is 0 Å². The van der Waals surface area contributed by atoms with Gasteiger partial charge in [-0.05, 0) is 68.1 Å². The standard InChI is InChI=1S/C31H30FN7O3/c32-24-15-20(31(42)39-11-6-19(17-33)7-12-39)1-3-23(24)26-16-27(29-25(36-26)5-10-34-30(29)41)37-28-4-2-21(18-35-28)38-13-8-22(40)9-14-38/h1-5,10,15-16,18-19,22,40H,6-9,11-14H2,(H,34,41)(H,35,36,37). The van der Waals surface area contributed by atoms with Crippen LogP contribution in [0.1, 0.15) is 36.0 Å². The van der Waals surface area contributed by atoms with E-state index in [2.05, 4.69) is 31.2 Å². The van der Waals surface area contributed by atoms with Gasteiger partial charge in [-0.15, -0.1) is 0 Å². The second-order valence-electron chi connectivity index (χ2n) is 10.8. The summed E-state index contributed by atoms with van der Waals surface area (Å²) in [4.78, 5) is 41.4. The van der Waals surface area contributed by atoms with Crippen molar-refractivity contribution in [1.82, 2.24) is 19.9 Å². The number of aliphatic hydroxyl groups is 1. The zero-order valence-electron chi connectivity index (χ0n) is 22.9. The van der Waals surface area contributed by atoms with Crippen LogP contribution in [0.4, 0.5) is 21.6 Å². The average molecular weight is 568 g/mol. The van der Waals surface area contributed by atoms with E-state index < -0.39 is 5.82 Å². The molecule has 2 aliphatic rings. The Hall–Kier alpha value is -4.82.